The van der Waals surface area contributed by atoms with E-state index in [0.717, 1.165) is 6.26 Å². The highest BCUT2D eigenvalue weighted by atomic mass is 32.2. The highest BCUT2D eigenvalue weighted by molar-refractivity contribution is 7.88. The molecule has 0 aromatic heterocycles. The molecule has 9 nitrogen and oxygen atoms in total. The zero-order valence-corrected chi connectivity index (χ0v) is 16.5. The average Bonchev–Trinajstić information content (AvgIpc) is 3.00. The number of rotatable bonds is 5. The lowest BCUT2D eigenvalue weighted by molar-refractivity contribution is -0.119. The van der Waals surface area contributed by atoms with Crippen LogP contribution in [0.25, 0.3) is 0 Å². The van der Waals surface area contributed by atoms with E-state index in [4.69, 9.17) is 4.74 Å². The molecule has 11 heteroatoms. The van der Waals surface area contributed by atoms with E-state index in [2.05, 4.69) is 5.32 Å². The number of piperazine rings is 1. The lowest BCUT2D eigenvalue weighted by atomic mass is 10.2. The molecule has 1 N–H and O–H groups in total. The fraction of sp³-hybridized carbons (Fsp3) is 0.529. The molecule has 28 heavy (non-hydrogen) atoms. The van der Waals surface area contributed by atoms with E-state index in [-0.39, 0.29) is 19.0 Å². The number of ether oxygens (including phenoxy) is 1. The molecule has 0 unspecified atom stereocenters. The minimum absolute atomic E-state index is 0.197. The van der Waals surface area contributed by atoms with Gasteiger partial charge in [-0.15, -0.1) is 0 Å². The Morgan fingerprint density at radius 2 is 1.96 bits per heavy atom. The van der Waals surface area contributed by atoms with Crippen LogP contribution in [0.2, 0.25) is 0 Å². The fourth-order valence-electron chi connectivity index (χ4n) is 3.28. The van der Waals surface area contributed by atoms with Gasteiger partial charge in [0.15, 0.2) is 0 Å². The van der Waals surface area contributed by atoms with Gasteiger partial charge in [-0.1, -0.05) is 0 Å². The Morgan fingerprint density at radius 3 is 2.54 bits per heavy atom. The minimum atomic E-state index is -3.25. The summed E-state index contributed by atoms with van der Waals surface area (Å²) in [5.74, 6) is -0.718. The maximum absolute atomic E-state index is 14.7. The topological polar surface area (TPSA) is 99.3 Å². The molecule has 2 aliphatic rings. The van der Waals surface area contributed by atoms with Crippen LogP contribution in [0.5, 0.6) is 0 Å². The maximum Gasteiger partial charge on any atom is 0.414 e. The number of benzene rings is 1. The quantitative estimate of drug-likeness (QED) is 0.747. The van der Waals surface area contributed by atoms with Crippen LogP contribution in [0, 0.1) is 5.82 Å². The summed E-state index contributed by atoms with van der Waals surface area (Å²) < 4.78 is 44.4. The first-order valence-corrected chi connectivity index (χ1v) is 10.7. The van der Waals surface area contributed by atoms with Crippen molar-refractivity contribution in [2.75, 3.05) is 55.3 Å². The van der Waals surface area contributed by atoms with Gasteiger partial charge in [-0.2, -0.15) is 4.31 Å². The normalized spacial score (nSPS) is 21.0. The first kappa shape index (κ1) is 20.3. The van der Waals surface area contributed by atoms with Crippen molar-refractivity contribution in [1.29, 1.82) is 0 Å². The van der Waals surface area contributed by atoms with E-state index in [1.807, 2.05) is 0 Å². The Bertz CT molecular complexity index is 870. The number of nitrogens with one attached hydrogen (secondary N) is 1. The first-order chi connectivity index (χ1) is 13.1. The standard InChI is InChI=1S/C17H23FN4O5S/c1-12(23)19-10-14-11-22(17(24)27-14)13-3-4-16(15(18)9-13)20-5-7-21(8-6-20)28(2,25)26/h3-4,9,14H,5-8,10-11H2,1-2H3,(H,19,23)/t14-/m0/s1. The fourth-order valence-corrected chi connectivity index (χ4v) is 4.10. The molecular formula is C17H23FN4O5S. The van der Waals surface area contributed by atoms with Crippen LogP contribution >= 0.6 is 0 Å². The molecule has 3 rings (SSSR count). The molecule has 1 aromatic carbocycles. The van der Waals surface area contributed by atoms with Gasteiger partial charge >= 0.3 is 6.09 Å². The van der Waals surface area contributed by atoms with Crippen LogP contribution in [0.3, 0.4) is 0 Å². The van der Waals surface area contributed by atoms with Crippen molar-refractivity contribution >= 4 is 33.4 Å². The van der Waals surface area contributed by atoms with Crippen LogP contribution in [0.15, 0.2) is 18.2 Å². The third-order valence-corrected chi connectivity index (χ3v) is 6.05. The predicted molar refractivity (Wildman–Crippen MR) is 101 cm³/mol. The molecule has 0 aliphatic carbocycles. The molecule has 1 atom stereocenters. The lowest BCUT2D eigenvalue weighted by Crippen LogP contribution is -2.48. The van der Waals surface area contributed by atoms with Gasteiger partial charge in [0.05, 0.1) is 30.7 Å². The van der Waals surface area contributed by atoms with Crippen LogP contribution < -0.4 is 15.1 Å². The molecule has 1 aromatic rings. The Balaban J connectivity index is 1.66. The summed E-state index contributed by atoms with van der Waals surface area (Å²) in [4.78, 5) is 26.1. The number of hydrogen-bond acceptors (Lipinski definition) is 6. The molecule has 154 valence electrons. The summed E-state index contributed by atoms with van der Waals surface area (Å²) in [6.45, 7) is 3.14. The molecule has 0 spiro atoms. The summed E-state index contributed by atoms with van der Waals surface area (Å²) >= 11 is 0. The van der Waals surface area contributed by atoms with Crippen molar-refractivity contribution in [2.45, 2.75) is 13.0 Å². The van der Waals surface area contributed by atoms with Crippen molar-refractivity contribution in [3.63, 3.8) is 0 Å². The third-order valence-electron chi connectivity index (χ3n) is 4.74. The molecule has 0 saturated carbocycles. The van der Waals surface area contributed by atoms with Crippen molar-refractivity contribution < 1.29 is 27.1 Å². The number of carbonyl (C=O) groups is 2. The van der Waals surface area contributed by atoms with Crippen LogP contribution in [-0.4, -0.2) is 76.4 Å². The van der Waals surface area contributed by atoms with Gasteiger partial charge in [-0.3, -0.25) is 9.69 Å². The first-order valence-electron chi connectivity index (χ1n) is 8.87. The van der Waals surface area contributed by atoms with Crippen LogP contribution in [0.1, 0.15) is 6.92 Å². The van der Waals surface area contributed by atoms with Crippen molar-refractivity contribution in [2.24, 2.45) is 0 Å². The average molecular weight is 414 g/mol. The Hall–Kier alpha value is -2.40. The number of cyclic esters (lactones) is 1. The van der Waals surface area contributed by atoms with Gasteiger partial charge in [0, 0.05) is 33.1 Å². The molecular weight excluding hydrogens is 391 g/mol. The number of hydrogen-bond donors (Lipinski definition) is 1. The zero-order valence-electron chi connectivity index (χ0n) is 15.7. The Kier molecular flexibility index (Phi) is 5.75. The largest absolute Gasteiger partial charge is 0.442 e. The zero-order chi connectivity index (χ0) is 20.5. The molecule has 2 aliphatic heterocycles. The minimum Gasteiger partial charge on any atom is -0.442 e. The van der Waals surface area contributed by atoms with E-state index >= 15 is 0 Å². The molecule has 0 radical (unpaired) electrons. The van der Waals surface area contributed by atoms with Crippen molar-refractivity contribution in [3.05, 3.63) is 24.0 Å². The van der Waals surface area contributed by atoms with Gasteiger partial charge < -0.3 is 15.0 Å². The second-order valence-corrected chi connectivity index (χ2v) is 8.82. The smallest absolute Gasteiger partial charge is 0.414 e. The van der Waals surface area contributed by atoms with E-state index in [9.17, 15) is 22.4 Å². The number of sulfonamides is 1. The molecule has 2 amide bonds. The molecule has 2 heterocycles. The Morgan fingerprint density at radius 1 is 1.29 bits per heavy atom. The highest BCUT2D eigenvalue weighted by Crippen LogP contribution is 2.28. The molecule has 2 saturated heterocycles. The summed E-state index contributed by atoms with van der Waals surface area (Å²) in [6, 6.07) is 4.47. The number of nitrogens with zero attached hydrogens (tertiary/aromatic N) is 3. The van der Waals surface area contributed by atoms with Gasteiger partial charge in [-0.05, 0) is 18.2 Å². The Labute approximate surface area is 163 Å². The van der Waals surface area contributed by atoms with E-state index < -0.39 is 28.0 Å². The van der Waals surface area contributed by atoms with Crippen molar-refractivity contribution in [1.82, 2.24) is 9.62 Å². The van der Waals surface area contributed by atoms with Crippen LogP contribution in [-0.2, 0) is 19.6 Å². The second-order valence-electron chi connectivity index (χ2n) is 6.84. The third kappa shape index (κ3) is 4.53. The second kappa shape index (κ2) is 7.92. The van der Waals surface area contributed by atoms with Gasteiger partial charge in [-0.25, -0.2) is 17.6 Å². The maximum atomic E-state index is 14.7. The van der Waals surface area contributed by atoms with E-state index in [1.165, 1.54) is 22.2 Å². The van der Waals surface area contributed by atoms with Gasteiger partial charge in [0.2, 0.25) is 15.9 Å². The summed E-state index contributed by atoms with van der Waals surface area (Å²) in [7, 11) is -3.25. The number of halogens is 1. The van der Waals surface area contributed by atoms with Crippen molar-refractivity contribution in [3.8, 4) is 0 Å². The number of carbonyl (C=O) groups excluding carboxylic acids is 2. The molecule has 2 fully saturated rings. The van der Waals surface area contributed by atoms with Gasteiger partial charge in [0.1, 0.15) is 11.9 Å². The summed E-state index contributed by atoms with van der Waals surface area (Å²) in [5.41, 5.74) is 0.727. The monoisotopic (exact) mass is 414 g/mol. The molecule has 0 bridgehead atoms. The number of anilines is 2. The van der Waals surface area contributed by atoms with E-state index in [1.54, 1.807) is 17.0 Å². The predicted octanol–water partition coefficient (Wildman–Crippen LogP) is 0.369. The van der Waals surface area contributed by atoms with E-state index in [0.29, 0.717) is 37.6 Å². The van der Waals surface area contributed by atoms with Gasteiger partial charge in [0.25, 0.3) is 0 Å². The highest BCUT2D eigenvalue weighted by Gasteiger charge is 2.33. The lowest BCUT2D eigenvalue weighted by Gasteiger charge is -2.35. The number of amides is 2. The summed E-state index contributed by atoms with van der Waals surface area (Å²) in [6.07, 6.45) is 0.0688. The summed E-state index contributed by atoms with van der Waals surface area (Å²) in [5, 5.41) is 2.59. The SMILES string of the molecule is CC(=O)NC[C@H]1CN(c2ccc(N3CCN(S(C)(=O)=O)CC3)c(F)c2)C(=O)O1. The van der Waals surface area contributed by atoms with Crippen LogP contribution in [0.4, 0.5) is 20.6 Å².